The second kappa shape index (κ2) is 22.3. The van der Waals surface area contributed by atoms with Crippen LogP contribution >= 0.6 is 11.8 Å². The molecule has 0 aliphatic rings. The maximum atomic E-state index is 13.1. The average Bonchev–Trinajstić information content (AvgIpc) is 3.10. The van der Waals surface area contributed by atoms with Gasteiger partial charge in [0.2, 0.25) is 11.8 Å². The predicted octanol–water partition coefficient (Wildman–Crippen LogP) is 1.65. The second-order valence-electron chi connectivity index (χ2n) is 9.99. The van der Waals surface area contributed by atoms with Crippen LogP contribution in [0.4, 0.5) is 16.2 Å². The zero-order valence-electron chi connectivity index (χ0n) is 27.2. The van der Waals surface area contributed by atoms with Crippen molar-refractivity contribution in [3.8, 4) is 0 Å². The van der Waals surface area contributed by atoms with E-state index in [0.717, 1.165) is 30.0 Å². The second-order valence-corrected chi connectivity index (χ2v) is 11.0. The summed E-state index contributed by atoms with van der Waals surface area (Å²) in [6.07, 6.45) is -1.67. The normalized spacial score (nSPS) is 11.7. The van der Waals surface area contributed by atoms with Gasteiger partial charge in [0, 0.05) is 32.5 Å². The first-order chi connectivity index (χ1) is 23.9. The van der Waals surface area contributed by atoms with Gasteiger partial charge in [0.1, 0.15) is 38.4 Å². The van der Waals surface area contributed by atoms with Crippen LogP contribution in [0.25, 0.3) is 0 Å². The monoisotopic (exact) mass is 723 g/mol. The molecule has 2 rings (SSSR count). The topological polar surface area (TPSA) is 254 Å². The number of nitro benzene ring substituents is 2. The number of esters is 2. The summed E-state index contributed by atoms with van der Waals surface area (Å²) in [5.74, 6) is -3.65. The molecule has 19 nitrogen and oxygen atoms in total. The van der Waals surface area contributed by atoms with Crippen molar-refractivity contribution in [3.05, 3.63) is 74.3 Å². The highest BCUT2D eigenvalue weighted by Crippen LogP contribution is 2.32. The lowest BCUT2D eigenvalue weighted by molar-refractivity contribution is -0.396. The number of non-ortho nitro benzene ring substituents is 1. The van der Waals surface area contributed by atoms with Gasteiger partial charge in [0.15, 0.2) is 0 Å². The zero-order chi connectivity index (χ0) is 36.9. The lowest BCUT2D eigenvalue weighted by atomic mass is 10.1. The van der Waals surface area contributed by atoms with Crippen LogP contribution < -0.4 is 16.0 Å². The fraction of sp³-hybridized carbons (Fsp3) is 0.433. The number of nitro groups is 2. The van der Waals surface area contributed by atoms with E-state index in [1.54, 1.807) is 30.3 Å². The van der Waals surface area contributed by atoms with Crippen LogP contribution in [0.1, 0.15) is 18.4 Å². The number of amides is 3. The smallest absolute Gasteiger partial charge is 0.408 e. The maximum Gasteiger partial charge on any atom is 0.408 e. The number of hydrogen-bond donors (Lipinski definition) is 3. The Hall–Kier alpha value is -5.34. The molecule has 0 aliphatic carbocycles. The molecule has 3 N–H and O–H groups in total. The summed E-state index contributed by atoms with van der Waals surface area (Å²) in [6.45, 7) is -0.710. The van der Waals surface area contributed by atoms with Gasteiger partial charge in [-0.2, -0.15) is 0 Å². The molecule has 0 saturated heterocycles. The van der Waals surface area contributed by atoms with Gasteiger partial charge in [-0.25, -0.2) is 9.59 Å². The Labute approximate surface area is 290 Å². The lowest BCUT2D eigenvalue weighted by Crippen LogP contribution is -2.50. The fourth-order valence-electron chi connectivity index (χ4n) is 3.84. The molecular formula is C30H37N5O14S. The summed E-state index contributed by atoms with van der Waals surface area (Å²) in [5.41, 5.74) is -0.439. The summed E-state index contributed by atoms with van der Waals surface area (Å²) >= 11 is 0.746. The number of benzene rings is 2. The standard InChI is InChI=1S/C30H37N5O14S/c1-45-12-14-47-27(37)17-31-28(38)23(19-50-25-10-8-21(34(41)42)16-24(25)35(43)44)32-26(36)11-9-22(29(39)48-15-13-46-2)33-30(40)49-18-20-6-4-3-5-7-20/h3-8,10,16,22-23H,9,11-15,17-19H2,1-2H3,(H,31,38)(H,32,36)(H,33,40)/t22-,23-/m0/s1. The molecule has 0 radical (unpaired) electrons. The highest BCUT2D eigenvalue weighted by Gasteiger charge is 2.28. The van der Waals surface area contributed by atoms with Gasteiger partial charge in [0.05, 0.1) is 34.0 Å². The Morgan fingerprint density at radius 2 is 1.50 bits per heavy atom. The zero-order valence-corrected chi connectivity index (χ0v) is 28.0. The van der Waals surface area contributed by atoms with Crippen LogP contribution in [0, 0.1) is 20.2 Å². The third-order valence-corrected chi connectivity index (χ3v) is 7.50. The molecular weight excluding hydrogens is 686 g/mol. The largest absolute Gasteiger partial charge is 0.462 e. The van der Waals surface area contributed by atoms with Crippen LogP contribution in [0.5, 0.6) is 0 Å². The third-order valence-electron chi connectivity index (χ3n) is 6.35. The van der Waals surface area contributed by atoms with Crippen molar-refractivity contribution in [1.82, 2.24) is 16.0 Å². The van der Waals surface area contributed by atoms with Gasteiger partial charge >= 0.3 is 18.0 Å². The van der Waals surface area contributed by atoms with Crippen LogP contribution in [0.15, 0.2) is 53.4 Å². The third kappa shape index (κ3) is 15.3. The summed E-state index contributed by atoms with van der Waals surface area (Å²) in [6, 6.07) is 8.93. The van der Waals surface area contributed by atoms with Crippen molar-refractivity contribution >= 4 is 53.0 Å². The highest BCUT2D eigenvalue weighted by molar-refractivity contribution is 7.99. The molecule has 0 saturated carbocycles. The summed E-state index contributed by atoms with van der Waals surface area (Å²) in [7, 11) is 2.79. The summed E-state index contributed by atoms with van der Waals surface area (Å²) in [5, 5.41) is 29.8. The van der Waals surface area contributed by atoms with Gasteiger partial charge in [-0.3, -0.25) is 34.6 Å². The van der Waals surface area contributed by atoms with Gasteiger partial charge in [-0.05, 0) is 18.1 Å². The minimum Gasteiger partial charge on any atom is -0.462 e. The van der Waals surface area contributed by atoms with Crippen LogP contribution in [0.2, 0.25) is 0 Å². The molecule has 0 heterocycles. The van der Waals surface area contributed by atoms with Crippen molar-refractivity contribution in [2.75, 3.05) is 52.9 Å². The number of carbonyl (C=O) groups is 5. The maximum absolute atomic E-state index is 13.1. The Kier molecular flexibility index (Phi) is 18.2. The number of hydrogen-bond acceptors (Lipinski definition) is 15. The molecule has 50 heavy (non-hydrogen) atoms. The highest BCUT2D eigenvalue weighted by atomic mass is 32.2. The molecule has 2 atom stereocenters. The number of alkyl carbamates (subject to hydrolysis) is 1. The van der Waals surface area contributed by atoms with Crippen molar-refractivity contribution in [3.63, 3.8) is 0 Å². The molecule has 0 unspecified atom stereocenters. The number of methoxy groups -OCH3 is 2. The first kappa shape index (κ1) is 40.8. The SMILES string of the molecule is COCCOC(=O)CNC(=O)[C@H](CSc1ccc([N+](=O)[O-])cc1[N+](=O)[O-])NC(=O)CC[C@H](NC(=O)OCc1ccccc1)C(=O)OCCOC. The molecule has 0 fully saturated rings. The summed E-state index contributed by atoms with van der Waals surface area (Å²) < 4.78 is 24.8. The van der Waals surface area contributed by atoms with Crippen LogP contribution in [-0.2, 0) is 49.5 Å². The van der Waals surface area contributed by atoms with E-state index in [-0.39, 0.29) is 50.1 Å². The number of thioether (sulfide) groups is 1. The van der Waals surface area contributed by atoms with E-state index >= 15 is 0 Å². The van der Waals surface area contributed by atoms with Gasteiger partial charge in [-0.1, -0.05) is 30.3 Å². The van der Waals surface area contributed by atoms with Gasteiger partial charge in [0.25, 0.3) is 11.4 Å². The molecule has 272 valence electrons. The molecule has 0 spiro atoms. The Morgan fingerprint density at radius 3 is 2.14 bits per heavy atom. The van der Waals surface area contributed by atoms with E-state index in [0.29, 0.717) is 5.56 Å². The van der Waals surface area contributed by atoms with Crippen molar-refractivity contribution in [2.24, 2.45) is 0 Å². The molecule has 20 heteroatoms. The van der Waals surface area contributed by atoms with E-state index < -0.39 is 76.1 Å². The minimum atomic E-state index is -1.40. The number of carbonyl (C=O) groups excluding carboxylic acids is 5. The predicted molar refractivity (Wildman–Crippen MR) is 174 cm³/mol. The Balaban J connectivity index is 2.15. The number of rotatable bonds is 22. The first-order valence-corrected chi connectivity index (χ1v) is 15.8. The van der Waals surface area contributed by atoms with Crippen LogP contribution in [0.3, 0.4) is 0 Å². The van der Waals surface area contributed by atoms with E-state index in [1.165, 1.54) is 14.2 Å². The Morgan fingerprint density at radius 1 is 0.820 bits per heavy atom. The van der Waals surface area contributed by atoms with Crippen LogP contribution in [-0.4, -0.2) is 105 Å². The van der Waals surface area contributed by atoms with Crippen molar-refractivity contribution < 1.29 is 57.5 Å². The molecule has 2 aromatic rings. The quantitative estimate of drug-likeness (QED) is 0.0390. The average molecular weight is 724 g/mol. The lowest BCUT2D eigenvalue weighted by Gasteiger charge is -2.20. The van der Waals surface area contributed by atoms with E-state index in [9.17, 15) is 44.2 Å². The van der Waals surface area contributed by atoms with Crippen molar-refractivity contribution in [2.45, 2.75) is 36.4 Å². The molecule has 0 bridgehead atoms. The fourth-order valence-corrected chi connectivity index (χ4v) is 4.86. The van der Waals surface area contributed by atoms with Gasteiger partial charge < -0.3 is 39.6 Å². The molecule has 0 aromatic heterocycles. The van der Waals surface area contributed by atoms with E-state index in [2.05, 4.69) is 16.0 Å². The molecule has 2 aromatic carbocycles. The number of ether oxygens (including phenoxy) is 5. The Bertz CT molecular complexity index is 1480. The van der Waals surface area contributed by atoms with Gasteiger partial charge in [-0.15, -0.1) is 11.8 Å². The minimum absolute atomic E-state index is 0.0382. The first-order valence-electron chi connectivity index (χ1n) is 14.8. The molecule has 3 amide bonds. The van der Waals surface area contributed by atoms with Crippen molar-refractivity contribution in [1.29, 1.82) is 0 Å². The van der Waals surface area contributed by atoms with E-state index in [1.807, 2.05) is 0 Å². The van der Waals surface area contributed by atoms with E-state index in [4.69, 9.17) is 23.7 Å². The molecule has 0 aliphatic heterocycles. The summed E-state index contributed by atoms with van der Waals surface area (Å²) in [4.78, 5) is 84.4. The number of nitrogens with one attached hydrogen (secondary N) is 3. The number of nitrogens with zero attached hydrogens (tertiary/aromatic N) is 2.